The van der Waals surface area contributed by atoms with Crippen molar-refractivity contribution in [3.05, 3.63) is 95.2 Å². The molecule has 44 heavy (non-hydrogen) atoms. The number of unbranched alkanes of at least 4 members (excludes halogenated alkanes) is 1. The van der Waals surface area contributed by atoms with Crippen molar-refractivity contribution in [1.29, 1.82) is 0 Å². The van der Waals surface area contributed by atoms with Crippen LogP contribution in [0, 0.1) is 0 Å². The first kappa shape index (κ1) is 31.0. The first-order chi connectivity index (χ1) is 21.5. The number of allylic oxidation sites excluding steroid dienone is 1. The molecule has 0 radical (unpaired) electrons. The van der Waals surface area contributed by atoms with E-state index in [1.54, 1.807) is 23.6 Å². The Morgan fingerprint density at radius 3 is 2.57 bits per heavy atom. The smallest absolute Gasteiger partial charge is 0.255 e. The highest BCUT2D eigenvalue weighted by Gasteiger charge is 2.35. The minimum absolute atomic E-state index is 0.268. The monoisotopic (exact) mass is 613 g/mol. The average Bonchev–Trinajstić information content (AvgIpc) is 3.44. The fraction of sp³-hybridized carbons (Fsp3) is 0.324. The number of aromatic nitrogens is 3. The third kappa shape index (κ3) is 7.19. The second kappa shape index (κ2) is 14.8. The number of nitrogens with one attached hydrogen (secondary N) is 2. The molecule has 1 aliphatic rings. The third-order valence-corrected chi connectivity index (χ3v) is 8.16. The molecule has 230 valence electrons. The Labute approximate surface area is 263 Å². The van der Waals surface area contributed by atoms with Crippen molar-refractivity contribution >= 4 is 29.3 Å². The molecule has 0 saturated carbocycles. The number of carbonyl (C=O) groups is 1. The summed E-state index contributed by atoms with van der Waals surface area (Å²) in [5.74, 6) is 3.05. The van der Waals surface area contributed by atoms with Gasteiger partial charge in [-0.05, 0) is 55.7 Å². The molecule has 0 aliphatic carbocycles. The van der Waals surface area contributed by atoms with Gasteiger partial charge in [0.1, 0.15) is 11.8 Å². The molecular weight excluding hydrogens is 574 g/mol. The van der Waals surface area contributed by atoms with Crippen LogP contribution in [0.3, 0.4) is 0 Å². The minimum atomic E-state index is -0.564. The number of para-hydroxylation sites is 2. The number of fused-ring (bicyclic) bond motifs is 1. The van der Waals surface area contributed by atoms with E-state index >= 15 is 0 Å². The highest BCUT2D eigenvalue weighted by molar-refractivity contribution is 7.99. The summed E-state index contributed by atoms with van der Waals surface area (Å²) in [5, 5.41) is 11.9. The lowest BCUT2D eigenvalue weighted by Gasteiger charge is -2.29. The lowest BCUT2D eigenvalue weighted by Crippen LogP contribution is -2.31. The second-order valence-electron chi connectivity index (χ2n) is 10.3. The number of hydrogen-bond donors (Lipinski definition) is 2. The van der Waals surface area contributed by atoms with Crippen LogP contribution in [0.25, 0.3) is 0 Å². The van der Waals surface area contributed by atoms with E-state index < -0.39 is 6.04 Å². The molecule has 3 aromatic carbocycles. The molecule has 4 aromatic rings. The van der Waals surface area contributed by atoms with Gasteiger partial charge in [-0.1, -0.05) is 73.6 Å². The molecular formula is C34H39N5O4S. The summed E-state index contributed by atoms with van der Waals surface area (Å²) < 4.78 is 19.5. The largest absolute Gasteiger partial charge is 0.493 e. The first-order valence-electron chi connectivity index (χ1n) is 15.0. The highest BCUT2D eigenvalue weighted by Crippen LogP contribution is 2.40. The van der Waals surface area contributed by atoms with Crippen molar-refractivity contribution in [2.75, 3.05) is 36.7 Å². The van der Waals surface area contributed by atoms with E-state index in [2.05, 4.69) is 29.7 Å². The zero-order valence-electron chi connectivity index (χ0n) is 25.6. The molecule has 5 rings (SSSR count). The summed E-state index contributed by atoms with van der Waals surface area (Å²) in [6.45, 7) is 6.95. The van der Waals surface area contributed by atoms with Crippen LogP contribution >= 0.6 is 11.8 Å². The van der Waals surface area contributed by atoms with Gasteiger partial charge >= 0.3 is 0 Å². The first-order valence-corrected chi connectivity index (χ1v) is 16.0. The van der Waals surface area contributed by atoms with Gasteiger partial charge in [-0.2, -0.15) is 4.98 Å². The summed E-state index contributed by atoms with van der Waals surface area (Å²) in [6, 6.07) is 22.8. The number of rotatable bonds is 14. The Hall–Kier alpha value is -4.44. The van der Waals surface area contributed by atoms with Gasteiger partial charge in [0, 0.05) is 17.9 Å². The molecule has 2 heterocycles. The summed E-state index contributed by atoms with van der Waals surface area (Å²) in [5.41, 5.74) is 3.81. The SMILES string of the molecule is CCCCSc1nc2n(n1)C(c1ccc(OCCc3ccccc3)c(OC)c1)C(C(=O)Nc1ccccc1OCC)=C(C)N2. The maximum atomic E-state index is 14.1. The van der Waals surface area contributed by atoms with Crippen molar-refractivity contribution in [1.82, 2.24) is 14.8 Å². The number of amides is 1. The maximum Gasteiger partial charge on any atom is 0.255 e. The number of hydrogen-bond acceptors (Lipinski definition) is 8. The molecule has 0 fully saturated rings. The van der Waals surface area contributed by atoms with Crippen LogP contribution in [-0.2, 0) is 11.2 Å². The number of methoxy groups -OCH3 is 1. The van der Waals surface area contributed by atoms with Gasteiger partial charge in [-0.25, -0.2) is 4.68 Å². The summed E-state index contributed by atoms with van der Waals surface area (Å²) in [7, 11) is 1.62. The van der Waals surface area contributed by atoms with Gasteiger partial charge in [0.2, 0.25) is 11.1 Å². The number of nitrogens with zero attached hydrogens (tertiary/aromatic N) is 3. The fourth-order valence-corrected chi connectivity index (χ4v) is 5.95. The molecule has 1 atom stereocenters. The van der Waals surface area contributed by atoms with Crippen molar-refractivity contribution in [3.8, 4) is 17.2 Å². The molecule has 0 saturated heterocycles. The van der Waals surface area contributed by atoms with E-state index in [1.807, 2.05) is 74.5 Å². The number of thioether (sulfide) groups is 1. The molecule has 1 aromatic heterocycles. The van der Waals surface area contributed by atoms with Crippen molar-refractivity contribution in [2.24, 2.45) is 0 Å². The Morgan fingerprint density at radius 2 is 1.80 bits per heavy atom. The summed E-state index contributed by atoms with van der Waals surface area (Å²) in [4.78, 5) is 18.8. The molecule has 10 heteroatoms. The molecule has 1 unspecified atom stereocenters. The van der Waals surface area contributed by atoms with Gasteiger partial charge in [0.05, 0.1) is 31.6 Å². The van der Waals surface area contributed by atoms with Crippen LogP contribution in [0.4, 0.5) is 11.6 Å². The normalized spacial score (nSPS) is 14.0. The Balaban J connectivity index is 1.48. The van der Waals surface area contributed by atoms with Gasteiger partial charge < -0.3 is 24.8 Å². The molecule has 0 spiro atoms. The molecule has 1 amide bonds. The number of anilines is 2. The van der Waals surface area contributed by atoms with E-state index in [-0.39, 0.29) is 5.91 Å². The van der Waals surface area contributed by atoms with E-state index in [9.17, 15) is 4.79 Å². The van der Waals surface area contributed by atoms with Gasteiger partial charge in [0.15, 0.2) is 11.5 Å². The van der Waals surface area contributed by atoms with Crippen LogP contribution in [0.2, 0.25) is 0 Å². The van der Waals surface area contributed by atoms with Gasteiger partial charge in [-0.15, -0.1) is 5.10 Å². The number of carbonyl (C=O) groups excluding carboxylic acids is 1. The van der Waals surface area contributed by atoms with Crippen LogP contribution in [0.5, 0.6) is 17.2 Å². The standard InChI is InChI=1S/C34H39N5O4S/c1-5-7-21-44-34-37-33-35-23(3)30(32(40)36-26-15-11-12-16-27(26)42-6-2)31(39(33)38-34)25-17-18-28(29(22-25)41-4)43-20-19-24-13-9-8-10-14-24/h8-18,22,31H,5-7,19-21H2,1-4H3,(H,36,40)(H,35,37,38). The van der Waals surface area contributed by atoms with Crippen LogP contribution < -0.4 is 24.8 Å². The van der Waals surface area contributed by atoms with Crippen molar-refractivity contribution < 1.29 is 19.0 Å². The minimum Gasteiger partial charge on any atom is -0.493 e. The second-order valence-corrected chi connectivity index (χ2v) is 11.4. The molecule has 1 aliphatic heterocycles. The van der Waals surface area contributed by atoms with E-state index in [0.717, 1.165) is 30.6 Å². The van der Waals surface area contributed by atoms with Crippen LogP contribution in [0.15, 0.2) is 89.2 Å². The number of ether oxygens (including phenoxy) is 3. The third-order valence-electron chi connectivity index (χ3n) is 7.24. The molecule has 2 N–H and O–H groups in total. The van der Waals surface area contributed by atoms with Crippen LogP contribution in [0.1, 0.15) is 50.8 Å². The topological polar surface area (TPSA) is 99.5 Å². The number of benzene rings is 3. The summed E-state index contributed by atoms with van der Waals surface area (Å²) in [6.07, 6.45) is 2.93. The predicted octanol–water partition coefficient (Wildman–Crippen LogP) is 7.13. The van der Waals surface area contributed by atoms with E-state index in [1.165, 1.54) is 5.56 Å². The lowest BCUT2D eigenvalue weighted by atomic mass is 9.94. The van der Waals surface area contributed by atoms with E-state index in [4.69, 9.17) is 24.3 Å². The van der Waals surface area contributed by atoms with Crippen LogP contribution in [-0.4, -0.2) is 46.7 Å². The van der Waals surface area contributed by atoms with Gasteiger partial charge in [-0.3, -0.25) is 4.79 Å². The maximum absolute atomic E-state index is 14.1. The van der Waals surface area contributed by atoms with Crippen molar-refractivity contribution in [3.63, 3.8) is 0 Å². The van der Waals surface area contributed by atoms with E-state index in [0.29, 0.717) is 58.5 Å². The average molecular weight is 614 g/mol. The zero-order valence-corrected chi connectivity index (χ0v) is 26.4. The highest BCUT2D eigenvalue weighted by atomic mass is 32.2. The fourth-order valence-electron chi connectivity index (χ4n) is 5.04. The molecule has 9 nitrogen and oxygen atoms in total. The Morgan fingerprint density at radius 1 is 1.00 bits per heavy atom. The van der Waals surface area contributed by atoms with Crippen molar-refractivity contribution in [2.45, 2.75) is 51.2 Å². The molecule has 0 bridgehead atoms. The van der Waals surface area contributed by atoms with Gasteiger partial charge in [0.25, 0.3) is 5.91 Å². The Bertz CT molecular complexity index is 1600. The Kier molecular flexibility index (Phi) is 10.5. The predicted molar refractivity (Wildman–Crippen MR) is 175 cm³/mol. The quantitative estimate of drug-likeness (QED) is 0.115. The summed E-state index contributed by atoms with van der Waals surface area (Å²) >= 11 is 1.61. The zero-order chi connectivity index (χ0) is 30.9. The lowest BCUT2D eigenvalue weighted by molar-refractivity contribution is -0.113.